The Labute approximate surface area is 157 Å². The molecule has 2 aromatic carbocycles. The van der Waals surface area contributed by atoms with Gasteiger partial charge < -0.3 is 24.6 Å². The van der Waals surface area contributed by atoms with Gasteiger partial charge in [-0.3, -0.25) is 0 Å². The first-order valence-electron chi connectivity index (χ1n) is 8.65. The predicted molar refractivity (Wildman–Crippen MR) is 101 cm³/mol. The molecule has 4 rings (SSSR count). The third-order valence-electron chi connectivity index (χ3n) is 4.39. The summed E-state index contributed by atoms with van der Waals surface area (Å²) in [7, 11) is 1.59. The summed E-state index contributed by atoms with van der Waals surface area (Å²) in [4.78, 5) is 4.44. The van der Waals surface area contributed by atoms with E-state index in [1.54, 1.807) is 19.2 Å². The zero-order valence-corrected chi connectivity index (χ0v) is 14.9. The van der Waals surface area contributed by atoms with Crippen LogP contribution in [0.1, 0.15) is 11.1 Å². The number of pyridine rings is 1. The molecule has 6 nitrogen and oxygen atoms in total. The van der Waals surface area contributed by atoms with Gasteiger partial charge in [-0.2, -0.15) is 0 Å². The highest BCUT2D eigenvalue weighted by molar-refractivity contribution is 5.62. The van der Waals surface area contributed by atoms with Crippen molar-refractivity contribution in [2.45, 2.75) is 13.1 Å². The zero-order chi connectivity index (χ0) is 18.6. The van der Waals surface area contributed by atoms with E-state index in [1.807, 2.05) is 42.5 Å². The number of hydrogen-bond donors (Lipinski definition) is 2. The molecule has 0 bridgehead atoms. The van der Waals surface area contributed by atoms with Gasteiger partial charge in [0.2, 0.25) is 12.7 Å². The fourth-order valence-electron chi connectivity index (χ4n) is 2.97. The second-order valence-corrected chi connectivity index (χ2v) is 6.20. The van der Waals surface area contributed by atoms with Crippen molar-refractivity contribution in [2.24, 2.45) is 0 Å². The molecule has 2 heterocycles. The van der Waals surface area contributed by atoms with Crippen LogP contribution in [0, 0.1) is 0 Å². The molecule has 0 unspecified atom stereocenters. The van der Waals surface area contributed by atoms with E-state index < -0.39 is 0 Å². The van der Waals surface area contributed by atoms with Crippen molar-refractivity contribution >= 4 is 0 Å². The number of nitrogens with zero attached hydrogens (tertiary/aromatic N) is 1. The van der Waals surface area contributed by atoms with Crippen LogP contribution in [0.5, 0.6) is 23.1 Å². The lowest BCUT2D eigenvalue weighted by atomic mass is 10.1. The number of hydrogen-bond acceptors (Lipinski definition) is 6. The number of fused-ring (bicyclic) bond motifs is 1. The van der Waals surface area contributed by atoms with Crippen LogP contribution in [0.2, 0.25) is 0 Å². The molecule has 1 aliphatic heterocycles. The summed E-state index contributed by atoms with van der Waals surface area (Å²) in [6, 6.07) is 17.0. The Bertz CT molecular complexity index is 959. The fourth-order valence-corrected chi connectivity index (χ4v) is 2.97. The number of rotatable bonds is 6. The molecule has 0 radical (unpaired) electrons. The Hall–Kier alpha value is -3.25. The monoisotopic (exact) mass is 364 g/mol. The maximum absolute atomic E-state index is 10.2. The highest BCUT2D eigenvalue weighted by atomic mass is 16.7. The highest BCUT2D eigenvalue weighted by Gasteiger charge is 2.13. The number of aromatic nitrogens is 1. The van der Waals surface area contributed by atoms with Crippen molar-refractivity contribution in [1.82, 2.24) is 10.3 Å². The van der Waals surface area contributed by atoms with E-state index in [0.29, 0.717) is 19.0 Å². The SMILES string of the molecule is COc1cccc(-c2ccc(O)c(CNCc3ccc4c(c3)OCO4)c2)n1. The van der Waals surface area contributed by atoms with Crippen LogP contribution >= 0.6 is 0 Å². The van der Waals surface area contributed by atoms with Crippen molar-refractivity contribution in [2.75, 3.05) is 13.9 Å². The number of phenols is 1. The summed E-state index contributed by atoms with van der Waals surface area (Å²) in [6.45, 7) is 1.45. The maximum Gasteiger partial charge on any atom is 0.231 e. The van der Waals surface area contributed by atoms with Gasteiger partial charge in [0.25, 0.3) is 0 Å². The van der Waals surface area contributed by atoms with Crippen molar-refractivity contribution in [3.8, 4) is 34.4 Å². The number of aromatic hydroxyl groups is 1. The molecule has 0 atom stereocenters. The molecule has 1 aromatic heterocycles. The summed E-state index contributed by atoms with van der Waals surface area (Å²) in [6.07, 6.45) is 0. The van der Waals surface area contributed by atoms with Gasteiger partial charge in [-0.25, -0.2) is 4.98 Å². The Balaban J connectivity index is 1.45. The number of ether oxygens (including phenoxy) is 3. The van der Waals surface area contributed by atoms with E-state index >= 15 is 0 Å². The van der Waals surface area contributed by atoms with E-state index in [2.05, 4.69) is 10.3 Å². The first-order chi connectivity index (χ1) is 13.2. The fraction of sp³-hybridized carbons (Fsp3) is 0.190. The first-order valence-corrected chi connectivity index (χ1v) is 8.65. The number of phenolic OH excluding ortho intramolecular Hbond substituents is 1. The van der Waals surface area contributed by atoms with Gasteiger partial charge in [0, 0.05) is 30.3 Å². The van der Waals surface area contributed by atoms with Crippen LogP contribution in [0.4, 0.5) is 0 Å². The third kappa shape index (κ3) is 3.80. The Kier molecular flexibility index (Phi) is 4.80. The Morgan fingerprint density at radius 3 is 2.81 bits per heavy atom. The van der Waals surface area contributed by atoms with Crippen molar-refractivity contribution < 1.29 is 19.3 Å². The largest absolute Gasteiger partial charge is 0.508 e. The third-order valence-corrected chi connectivity index (χ3v) is 4.39. The van der Waals surface area contributed by atoms with Gasteiger partial charge in [0.15, 0.2) is 11.5 Å². The van der Waals surface area contributed by atoms with E-state index in [4.69, 9.17) is 14.2 Å². The zero-order valence-electron chi connectivity index (χ0n) is 14.9. The molecule has 0 fully saturated rings. The van der Waals surface area contributed by atoms with E-state index in [-0.39, 0.29) is 12.5 Å². The summed E-state index contributed by atoms with van der Waals surface area (Å²) in [5.74, 6) is 2.35. The van der Waals surface area contributed by atoms with Crippen molar-refractivity contribution in [3.05, 3.63) is 65.7 Å². The molecule has 0 aliphatic carbocycles. The standard InChI is InChI=1S/C21H20N2O4/c1-25-21-4-2-3-17(23-21)15-6-7-18(24)16(10-15)12-22-11-14-5-8-19-20(9-14)27-13-26-19/h2-10,22,24H,11-13H2,1H3. The van der Waals surface area contributed by atoms with Crippen molar-refractivity contribution in [3.63, 3.8) is 0 Å². The number of methoxy groups -OCH3 is 1. The lowest BCUT2D eigenvalue weighted by Crippen LogP contribution is -2.12. The second-order valence-electron chi connectivity index (χ2n) is 6.20. The summed E-state index contributed by atoms with van der Waals surface area (Å²) in [5, 5.41) is 13.5. The normalized spacial score (nSPS) is 12.2. The Morgan fingerprint density at radius 1 is 1.04 bits per heavy atom. The minimum absolute atomic E-state index is 0.250. The van der Waals surface area contributed by atoms with Crippen molar-refractivity contribution in [1.29, 1.82) is 0 Å². The van der Waals surface area contributed by atoms with Gasteiger partial charge in [-0.1, -0.05) is 12.1 Å². The van der Waals surface area contributed by atoms with Crippen LogP contribution in [0.15, 0.2) is 54.6 Å². The van der Waals surface area contributed by atoms with Crippen LogP contribution in [-0.2, 0) is 13.1 Å². The average Bonchev–Trinajstić information content (AvgIpc) is 3.17. The molecule has 138 valence electrons. The van der Waals surface area contributed by atoms with Gasteiger partial charge in [-0.15, -0.1) is 0 Å². The number of benzene rings is 2. The van der Waals surface area contributed by atoms with Crippen LogP contribution < -0.4 is 19.5 Å². The van der Waals surface area contributed by atoms with Crippen LogP contribution in [-0.4, -0.2) is 24.0 Å². The second kappa shape index (κ2) is 7.55. The number of nitrogens with one attached hydrogen (secondary N) is 1. The minimum atomic E-state index is 0.250. The van der Waals surface area contributed by atoms with Gasteiger partial charge in [0.05, 0.1) is 12.8 Å². The predicted octanol–water partition coefficient (Wildman–Crippen LogP) is 3.48. The first kappa shape index (κ1) is 17.2. The van der Waals surface area contributed by atoms with Gasteiger partial charge >= 0.3 is 0 Å². The Morgan fingerprint density at radius 2 is 1.93 bits per heavy atom. The molecule has 2 N–H and O–H groups in total. The molecule has 0 saturated carbocycles. The molecular weight excluding hydrogens is 344 g/mol. The summed E-state index contributed by atoms with van der Waals surface area (Å²) < 4.78 is 15.9. The quantitative estimate of drug-likeness (QED) is 0.698. The minimum Gasteiger partial charge on any atom is -0.508 e. The maximum atomic E-state index is 10.2. The van der Waals surface area contributed by atoms with Gasteiger partial charge in [-0.05, 0) is 42.0 Å². The summed E-state index contributed by atoms with van der Waals surface area (Å²) in [5.41, 5.74) is 3.61. The molecule has 0 amide bonds. The molecule has 3 aromatic rings. The van der Waals surface area contributed by atoms with Gasteiger partial charge in [0.1, 0.15) is 5.75 Å². The molecule has 27 heavy (non-hydrogen) atoms. The lowest BCUT2D eigenvalue weighted by Gasteiger charge is -2.10. The molecule has 0 saturated heterocycles. The molecular formula is C21H20N2O4. The van der Waals surface area contributed by atoms with E-state index in [1.165, 1.54) is 0 Å². The smallest absolute Gasteiger partial charge is 0.231 e. The van der Waals surface area contributed by atoms with Crippen LogP contribution in [0.25, 0.3) is 11.3 Å². The lowest BCUT2D eigenvalue weighted by molar-refractivity contribution is 0.174. The highest BCUT2D eigenvalue weighted by Crippen LogP contribution is 2.32. The summed E-state index contributed by atoms with van der Waals surface area (Å²) >= 11 is 0. The average molecular weight is 364 g/mol. The van der Waals surface area contributed by atoms with E-state index in [0.717, 1.165) is 33.9 Å². The topological polar surface area (TPSA) is 72.8 Å². The molecule has 6 heteroatoms. The van der Waals surface area contributed by atoms with Crippen LogP contribution in [0.3, 0.4) is 0 Å². The molecule has 1 aliphatic rings. The van der Waals surface area contributed by atoms with E-state index in [9.17, 15) is 5.11 Å². The molecule has 0 spiro atoms.